The highest BCUT2D eigenvalue weighted by Crippen LogP contribution is 2.24. The van der Waals surface area contributed by atoms with E-state index in [-0.39, 0.29) is 0 Å². The molecule has 0 atom stereocenters. The van der Waals surface area contributed by atoms with Gasteiger partial charge in [0.2, 0.25) is 0 Å². The standard InChI is InChI=1S/C10H19N2/c1-6-9-8(2)10(7-11-9)12(3,4)5/h7,11H,6H2,1-5H3/q+1. The van der Waals surface area contributed by atoms with Crippen LogP contribution >= 0.6 is 0 Å². The van der Waals surface area contributed by atoms with Crippen LogP contribution in [-0.2, 0) is 6.42 Å². The molecule has 0 aliphatic heterocycles. The molecule has 0 saturated carbocycles. The highest BCUT2D eigenvalue weighted by atomic mass is 15.3. The summed E-state index contributed by atoms with van der Waals surface area (Å²) in [6.07, 6.45) is 3.21. The third-order valence-corrected chi connectivity index (χ3v) is 2.30. The normalized spacial score (nSPS) is 12.1. The molecule has 0 amide bonds. The van der Waals surface area contributed by atoms with Gasteiger partial charge in [-0.25, -0.2) is 0 Å². The average molecular weight is 167 g/mol. The van der Waals surface area contributed by atoms with Gasteiger partial charge in [0.05, 0.1) is 27.3 Å². The quantitative estimate of drug-likeness (QED) is 0.649. The van der Waals surface area contributed by atoms with Gasteiger partial charge in [0.1, 0.15) is 0 Å². The van der Waals surface area contributed by atoms with Crippen LogP contribution in [0.5, 0.6) is 0 Å². The number of quaternary nitrogens is 1. The lowest BCUT2D eigenvalue weighted by molar-refractivity contribution is 0.484. The van der Waals surface area contributed by atoms with Crippen LogP contribution < -0.4 is 4.48 Å². The molecule has 0 radical (unpaired) electrons. The van der Waals surface area contributed by atoms with Crippen LogP contribution in [0.2, 0.25) is 0 Å². The minimum absolute atomic E-state index is 0.891. The lowest BCUT2D eigenvalue weighted by Gasteiger charge is -2.22. The van der Waals surface area contributed by atoms with Crippen molar-refractivity contribution in [3.05, 3.63) is 17.5 Å². The summed E-state index contributed by atoms with van der Waals surface area (Å²) >= 11 is 0. The molecule has 0 aromatic carbocycles. The summed E-state index contributed by atoms with van der Waals surface area (Å²) < 4.78 is 0.891. The predicted octanol–water partition coefficient (Wildman–Crippen LogP) is 2.08. The smallest absolute Gasteiger partial charge is 0.153 e. The number of nitrogens with zero attached hydrogens (tertiary/aromatic N) is 1. The molecular weight excluding hydrogens is 148 g/mol. The van der Waals surface area contributed by atoms with Crippen molar-refractivity contribution in [1.29, 1.82) is 0 Å². The Morgan fingerprint density at radius 1 is 1.33 bits per heavy atom. The third-order valence-electron chi connectivity index (χ3n) is 2.30. The highest BCUT2D eigenvalue weighted by Gasteiger charge is 2.18. The molecule has 0 aliphatic carbocycles. The van der Waals surface area contributed by atoms with Crippen LogP contribution in [0.3, 0.4) is 0 Å². The molecule has 68 valence electrons. The SMILES string of the molecule is CCc1[nH]cc([N+](C)(C)C)c1C. The van der Waals surface area contributed by atoms with Gasteiger partial charge in [-0.1, -0.05) is 6.92 Å². The van der Waals surface area contributed by atoms with E-state index in [4.69, 9.17) is 0 Å². The number of aromatic nitrogens is 1. The van der Waals surface area contributed by atoms with Gasteiger partial charge in [0, 0.05) is 11.3 Å². The zero-order valence-electron chi connectivity index (χ0n) is 8.73. The van der Waals surface area contributed by atoms with Crippen LogP contribution in [0.25, 0.3) is 0 Å². The van der Waals surface area contributed by atoms with E-state index in [1.54, 1.807) is 0 Å². The Bertz CT molecular complexity index is 266. The fourth-order valence-electron chi connectivity index (χ4n) is 1.59. The zero-order valence-corrected chi connectivity index (χ0v) is 8.73. The highest BCUT2D eigenvalue weighted by molar-refractivity contribution is 5.50. The summed E-state index contributed by atoms with van der Waals surface area (Å²) in [5.41, 5.74) is 4.15. The Balaban J connectivity index is 3.11. The Morgan fingerprint density at radius 3 is 2.17 bits per heavy atom. The fourth-order valence-corrected chi connectivity index (χ4v) is 1.59. The monoisotopic (exact) mass is 167 g/mol. The van der Waals surface area contributed by atoms with Gasteiger partial charge in [-0.15, -0.1) is 0 Å². The van der Waals surface area contributed by atoms with Gasteiger partial charge >= 0.3 is 0 Å². The van der Waals surface area contributed by atoms with Crippen molar-refractivity contribution in [2.45, 2.75) is 20.3 Å². The van der Waals surface area contributed by atoms with Crippen LogP contribution in [0.1, 0.15) is 18.2 Å². The van der Waals surface area contributed by atoms with Gasteiger partial charge in [0.15, 0.2) is 5.69 Å². The molecule has 0 spiro atoms. The van der Waals surface area contributed by atoms with Gasteiger partial charge in [0.25, 0.3) is 0 Å². The molecule has 12 heavy (non-hydrogen) atoms. The number of aromatic amines is 1. The van der Waals surface area contributed by atoms with Crippen molar-refractivity contribution >= 4 is 5.69 Å². The van der Waals surface area contributed by atoms with Crippen LogP contribution in [0, 0.1) is 6.92 Å². The summed E-state index contributed by atoms with van der Waals surface area (Å²) in [5.74, 6) is 0. The van der Waals surface area contributed by atoms with Gasteiger partial charge in [-0.05, 0) is 13.3 Å². The minimum Gasteiger partial charge on any atom is -0.360 e. The molecule has 0 aliphatic rings. The van der Waals surface area contributed by atoms with E-state index in [9.17, 15) is 0 Å². The summed E-state index contributed by atoms with van der Waals surface area (Å²) in [4.78, 5) is 3.31. The molecule has 0 bridgehead atoms. The Kier molecular flexibility index (Phi) is 2.29. The number of H-pyrrole nitrogens is 1. The Hall–Kier alpha value is -0.760. The molecule has 2 heteroatoms. The van der Waals surface area contributed by atoms with E-state index in [0.717, 1.165) is 10.9 Å². The fraction of sp³-hybridized carbons (Fsp3) is 0.600. The first kappa shape index (κ1) is 9.33. The number of nitrogens with one attached hydrogen (secondary N) is 1. The molecule has 1 rings (SSSR count). The second-order valence-electron chi connectivity index (χ2n) is 4.14. The van der Waals surface area contributed by atoms with Crippen molar-refractivity contribution < 1.29 is 0 Å². The third kappa shape index (κ3) is 1.53. The lowest BCUT2D eigenvalue weighted by atomic mass is 10.2. The van der Waals surface area contributed by atoms with Crippen LogP contribution in [0.4, 0.5) is 5.69 Å². The van der Waals surface area contributed by atoms with Gasteiger partial charge in [-0.3, -0.25) is 4.48 Å². The lowest BCUT2D eigenvalue weighted by Crippen LogP contribution is -2.34. The van der Waals surface area contributed by atoms with Crippen LogP contribution in [0.15, 0.2) is 6.20 Å². The molecule has 1 aromatic heterocycles. The van der Waals surface area contributed by atoms with Crippen LogP contribution in [-0.4, -0.2) is 26.1 Å². The summed E-state index contributed by atoms with van der Waals surface area (Å²) in [5, 5.41) is 0. The van der Waals surface area contributed by atoms with Gasteiger partial charge < -0.3 is 4.98 Å². The van der Waals surface area contributed by atoms with Gasteiger partial charge in [-0.2, -0.15) is 0 Å². The maximum absolute atomic E-state index is 3.31. The first-order valence-electron chi connectivity index (χ1n) is 4.45. The van der Waals surface area contributed by atoms with E-state index >= 15 is 0 Å². The minimum atomic E-state index is 0.891. The number of rotatable bonds is 2. The van der Waals surface area contributed by atoms with Crippen molar-refractivity contribution in [2.75, 3.05) is 21.1 Å². The van der Waals surface area contributed by atoms with E-state index < -0.39 is 0 Å². The van der Waals surface area contributed by atoms with Crippen molar-refractivity contribution in [3.63, 3.8) is 0 Å². The molecule has 1 aromatic rings. The maximum Gasteiger partial charge on any atom is 0.153 e. The molecule has 0 saturated heterocycles. The Labute approximate surface area is 74.8 Å². The molecule has 2 nitrogen and oxygen atoms in total. The van der Waals surface area contributed by atoms with Crippen molar-refractivity contribution in [3.8, 4) is 0 Å². The first-order chi connectivity index (χ1) is 5.46. The molecule has 1 N–H and O–H groups in total. The Morgan fingerprint density at radius 2 is 1.92 bits per heavy atom. The maximum atomic E-state index is 3.31. The molecule has 0 unspecified atom stereocenters. The number of hydrogen-bond donors (Lipinski definition) is 1. The summed E-state index contributed by atoms with van der Waals surface area (Å²) in [6.45, 7) is 4.37. The average Bonchev–Trinajstić information content (AvgIpc) is 2.29. The zero-order chi connectivity index (χ0) is 9.35. The molecule has 1 heterocycles. The summed E-state index contributed by atoms with van der Waals surface area (Å²) in [7, 11) is 6.57. The van der Waals surface area contributed by atoms with Crippen molar-refractivity contribution in [2.24, 2.45) is 0 Å². The first-order valence-corrected chi connectivity index (χ1v) is 4.45. The number of hydrogen-bond acceptors (Lipinski definition) is 0. The molecule has 0 fully saturated rings. The van der Waals surface area contributed by atoms with E-state index in [2.05, 4.69) is 46.2 Å². The largest absolute Gasteiger partial charge is 0.360 e. The second-order valence-corrected chi connectivity index (χ2v) is 4.14. The van der Waals surface area contributed by atoms with E-state index in [0.29, 0.717) is 0 Å². The second kappa shape index (κ2) is 2.94. The molecular formula is C10H19N2+. The van der Waals surface area contributed by atoms with E-state index in [1.165, 1.54) is 16.9 Å². The van der Waals surface area contributed by atoms with E-state index in [1.807, 2.05) is 0 Å². The predicted molar refractivity (Wildman–Crippen MR) is 54.5 cm³/mol. The number of aryl methyl sites for hydroxylation is 1. The summed E-state index contributed by atoms with van der Waals surface area (Å²) in [6, 6.07) is 0. The van der Waals surface area contributed by atoms with Crippen molar-refractivity contribution in [1.82, 2.24) is 9.47 Å². The topological polar surface area (TPSA) is 15.8 Å².